The quantitative estimate of drug-likeness (QED) is 0.824. The molecule has 4 atom stereocenters. The Bertz CT molecular complexity index is 813. The van der Waals surface area contributed by atoms with Crippen molar-refractivity contribution in [2.75, 3.05) is 26.8 Å². The molecule has 5 heterocycles. The molecule has 7 nitrogen and oxygen atoms in total. The Hall–Kier alpha value is -1.70. The minimum absolute atomic E-state index is 0.0561. The van der Waals surface area contributed by atoms with Crippen LogP contribution < -0.4 is 4.74 Å². The normalized spacial score (nSPS) is 33.8. The number of ether oxygens (including phenoxy) is 2. The third-order valence-corrected chi connectivity index (χ3v) is 7.23. The van der Waals surface area contributed by atoms with Crippen LogP contribution in [0.2, 0.25) is 0 Å². The van der Waals surface area contributed by atoms with E-state index in [9.17, 15) is 9.90 Å². The van der Waals surface area contributed by atoms with Crippen LogP contribution in [0.15, 0.2) is 6.07 Å². The lowest BCUT2D eigenvalue weighted by atomic mass is 9.74. The SMILES string of the molecule is COc1nc2c(cc1CN1C[C@H]3[C@@H](CO)[C@@H]4CC[C@@]3(C1)O4)C(=O)N(C(C)C)C2. The summed E-state index contributed by atoms with van der Waals surface area (Å²) >= 11 is 0. The van der Waals surface area contributed by atoms with Gasteiger partial charge in [0.25, 0.3) is 5.91 Å². The second kappa shape index (κ2) is 6.40. The molecule has 5 rings (SSSR count). The third-order valence-electron chi connectivity index (χ3n) is 7.23. The lowest BCUT2D eigenvalue weighted by Crippen LogP contribution is -2.37. The van der Waals surface area contributed by atoms with Gasteiger partial charge in [0, 0.05) is 49.7 Å². The van der Waals surface area contributed by atoms with Crippen molar-refractivity contribution in [3.05, 3.63) is 22.9 Å². The van der Waals surface area contributed by atoms with Gasteiger partial charge in [-0.3, -0.25) is 9.69 Å². The molecule has 1 N–H and O–H groups in total. The molecule has 0 aliphatic carbocycles. The molecule has 4 aliphatic heterocycles. The van der Waals surface area contributed by atoms with Crippen molar-refractivity contribution in [3.63, 3.8) is 0 Å². The average molecular weight is 387 g/mol. The van der Waals surface area contributed by atoms with Gasteiger partial charge in [0.15, 0.2) is 0 Å². The number of aliphatic hydroxyl groups is 1. The van der Waals surface area contributed by atoms with Crippen molar-refractivity contribution in [1.29, 1.82) is 0 Å². The number of carbonyl (C=O) groups is 1. The topological polar surface area (TPSA) is 75.1 Å². The molecule has 0 saturated carbocycles. The van der Waals surface area contributed by atoms with Gasteiger partial charge in [-0.15, -0.1) is 0 Å². The molecule has 0 aromatic carbocycles. The van der Waals surface area contributed by atoms with Crippen LogP contribution in [0.5, 0.6) is 5.88 Å². The number of likely N-dealkylation sites (tertiary alicyclic amines) is 1. The molecule has 28 heavy (non-hydrogen) atoms. The summed E-state index contributed by atoms with van der Waals surface area (Å²) < 4.78 is 11.9. The summed E-state index contributed by atoms with van der Waals surface area (Å²) in [6.07, 6.45) is 2.36. The van der Waals surface area contributed by atoms with E-state index < -0.39 is 0 Å². The molecular weight excluding hydrogens is 358 g/mol. The van der Waals surface area contributed by atoms with Gasteiger partial charge >= 0.3 is 0 Å². The number of methoxy groups -OCH3 is 1. The zero-order valence-electron chi connectivity index (χ0n) is 16.9. The van der Waals surface area contributed by atoms with E-state index in [1.807, 2.05) is 24.8 Å². The van der Waals surface area contributed by atoms with E-state index in [-0.39, 0.29) is 36.2 Å². The Kier molecular flexibility index (Phi) is 4.19. The maximum absolute atomic E-state index is 12.8. The van der Waals surface area contributed by atoms with Crippen molar-refractivity contribution in [1.82, 2.24) is 14.8 Å². The van der Waals surface area contributed by atoms with Crippen molar-refractivity contribution in [2.24, 2.45) is 11.8 Å². The molecule has 1 spiro atoms. The Morgan fingerprint density at radius 2 is 2.29 bits per heavy atom. The third kappa shape index (κ3) is 2.52. The van der Waals surface area contributed by atoms with Crippen LogP contribution in [0.25, 0.3) is 0 Å². The average Bonchev–Trinajstić information content (AvgIpc) is 3.39. The van der Waals surface area contributed by atoms with Crippen LogP contribution in [0.4, 0.5) is 0 Å². The van der Waals surface area contributed by atoms with Gasteiger partial charge < -0.3 is 19.5 Å². The molecule has 0 radical (unpaired) electrons. The fourth-order valence-corrected chi connectivity index (χ4v) is 5.87. The first-order valence-electron chi connectivity index (χ1n) is 10.3. The van der Waals surface area contributed by atoms with E-state index in [0.717, 1.165) is 37.2 Å². The highest BCUT2D eigenvalue weighted by Crippen LogP contribution is 2.54. The number of aromatic nitrogens is 1. The second-order valence-electron chi connectivity index (χ2n) is 9.06. The first-order chi connectivity index (χ1) is 13.5. The molecule has 4 aliphatic rings. The number of hydrogen-bond donors (Lipinski definition) is 1. The fraction of sp³-hybridized carbons (Fsp3) is 0.714. The van der Waals surface area contributed by atoms with E-state index >= 15 is 0 Å². The summed E-state index contributed by atoms with van der Waals surface area (Å²) in [5.74, 6) is 1.30. The molecule has 2 bridgehead atoms. The second-order valence-corrected chi connectivity index (χ2v) is 9.06. The Morgan fingerprint density at radius 1 is 1.46 bits per heavy atom. The number of aliphatic hydroxyl groups excluding tert-OH is 1. The van der Waals surface area contributed by atoms with Crippen LogP contribution in [0.1, 0.15) is 48.3 Å². The maximum Gasteiger partial charge on any atom is 0.256 e. The van der Waals surface area contributed by atoms with Gasteiger partial charge in [0.1, 0.15) is 0 Å². The lowest BCUT2D eigenvalue weighted by molar-refractivity contribution is 0.000307. The van der Waals surface area contributed by atoms with E-state index in [1.54, 1.807) is 7.11 Å². The zero-order valence-corrected chi connectivity index (χ0v) is 16.9. The number of carbonyl (C=O) groups excluding carboxylic acids is 1. The van der Waals surface area contributed by atoms with E-state index in [4.69, 9.17) is 9.47 Å². The summed E-state index contributed by atoms with van der Waals surface area (Å²) in [5, 5.41) is 9.82. The molecule has 3 fully saturated rings. The molecule has 1 aromatic heterocycles. The largest absolute Gasteiger partial charge is 0.481 e. The number of amides is 1. The minimum atomic E-state index is -0.0975. The summed E-state index contributed by atoms with van der Waals surface area (Å²) in [6.45, 7) is 7.26. The van der Waals surface area contributed by atoms with Crippen molar-refractivity contribution in [2.45, 2.75) is 57.5 Å². The van der Waals surface area contributed by atoms with Gasteiger partial charge in [-0.2, -0.15) is 0 Å². The predicted molar refractivity (Wildman–Crippen MR) is 102 cm³/mol. The van der Waals surface area contributed by atoms with Crippen LogP contribution >= 0.6 is 0 Å². The molecule has 7 heteroatoms. The number of pyridine rings is 1. The van der Waals surface area contributed by atoms with Crippen LogP contribution in [-0.2, 0) is 17.8 Å². The smallest absolute Gasteiger partial charge is 0.256 e. The Balaban J connectivity index is 1.39. The predicted octanol–water partition coefficient (Wildman–Crippen LogP) is 1.43. The maximum atomic E-state index is 12.8. The van der Waals surface area contributed by atoms with E-state index in [2.05, 4.69) is 9.88 Å². The summed E-state index contributed by atoms with van der Waals surface area (Å²) in [6, 6.07) is 2.12. The number of hydrogen-bond acceptors (Lipinski definition) is 6. The van der Waals surface area contributed by atoms with Crippen LogP contribution in [-0.4, -0.2) is 70.4 Å². The Morgan fingerprint density at radius 3 is 3.00 bits per heavy atom. The van der Waals surface area contributed by atoms with Gasteiger partial charge in [-0.1, -0.05) is 0 Å². The van der Waals surface area contributed by atoms with Crippen LogP contribution in [0, 0.1) is 11.8 Å². The van der Waals surface area contributed by atoms with E-state index in [0.29, 0.717) is 30.5 Å². The molecular formula is C21H29N3O4. The molecule has 152 valence electrons. The fourth-order valence-electron chi connectivity index (χ4n) is 5.87. The highest BCUT2D eigenvalue weighted by atomic mass is 16.5. The summed E-state index contributed by atoms with van der Waals surface area (Å²) in [7, 11) is 1.64. The number of rotatable bonds is 5. The first-order valence-corrected chi connectivity index (χ1v) is 10.3. The molecule has 0 unspecified atom stereocenters. The Labute approximate surface area is 165 Å². The number of nitrogens with zero attached hydrogens (tertiary/aromatic N) is 3. The summed E-state index contributed by atoms with van der Waals surface area (Å²) in [5.41, 5.74) is 2.36. The van der Waals surface area contributed by atoms with Crippen molar-refractivity contribution in [3.8, 4) is 5.88 Å². The summed E-state index contributed by atoms with van der Waals surface area (Å²) in [4.78, 5) is 21.6. The molecule has 1 aromatic rings. The zero-order chi connectivity index (χ0) is 19.6. The highest BCUT2D eigenvalue weighted by Gasteiger charge is 2.62. The van der Waals surface area contributed by atoms with Crippen molar-refractivity contribution < 1.29 is 19.4 Å². The molecule has 3 saturated heterocycles. The number of fused-ring (bicyclic) bond motifs is 2. The monoisotopic (exact) mass is 387 g/mol. The standard InChI is InChI=1S/C21H29N3O4/c1-12(2)24-9-17-14(20(24)26)6-13(19(22-17)27-3)7-23-8-16-15(10-25)18-4-5-21(16,11-23)28-18/h6,12,15-16,18,25H,4-5,7-11H2,1-3H3/t15-,16+,18+,21+/m1/s1. The minimum Gasteiger partial charge on any atom is -0.481 e. The molecule has 1 amide bonds. The highest BCUT2D eigenvalue weighted by molar-refractivity contribution is 5.98. The first kappa shape index (κ1) is 18.3. The van der Waals surface area contributed by atoms with Gasteiger partial charge in [-0.25, -0.2) is 4.98 Å². The van der Waals surface area contributed by atoms with Crippen molar-refractivity contribution >= 4 is 5.91 Å². The lowest BCUT2D eigenvalue weighted by Gasteiger charge is -2.28. The van der Waals surface area contributed by atoms with Gasteiger partial charge in [-0.05, 0) is 32.8 Å². The van der Waals surface area contributed by atoms with E-state index in [1.165, 1.54) is 0 Å². The van der Waals surface area contributed by atoms with Crippen LogP contribution in [0.3, 0.4) is 0 Å². The van der Waals surface area contributed by atoms with Gasteiger partial charge in [0.2, 0.25) is 5.88 Å². The van der Waals surface area contributed by atoms with Gasteiger partial charge in [0.05, 0.1) is 36.6 Å².